The third kappa shape index (κ3) is 2.20. The van der Waals surface area contributed by atoms with Gasteiger partial charge in [0.25, 0.3) is 0 Å². The van der Waals surface area contributed by atoms with Gasteiger partial charge in [-0.2, -0.15) is 0 Å². The predicted octanol–water partition coefficient (Wildman–Crippen LogP) is 1.77. The first-order chi connectivity index (χ1) is 5.25. The fourth-order valence-corrected chi connectivity index (χ4v) is 1.59. The summed E-state index contributed by atoms with van der Waals surface area (Å²) in [5.74, 6) is 0.490. The summed E-state index contributed by atoms with van der Waals surface area (Å²) in [4.78, 5) is 0. The van der Waals surface area contributed by atoms with E-state index in [1.54, 1.807) is 0 Å². The second kappa shape index (κ2) is 3.75. The van der Waals surface area contributed by atoms with E-state index in [-0.39, 0.29) is 17.6 Å². The first-order valence-electron chi connectivity index (χ1n) is 4.65. The van der Waals surface area contributed by atoms with Gasteiger partial charge in [-0.1, -0.05) is 20.8 Å². The Morgan fingerprint density at radius 2 is 1.67 bits per heavy atom. The summed E-state index contributed by atoms with van der Waals surface area (Å²) < 4.78 is 0. The van der Waals surface area contributed by atoms with Gasteiger partial charge in [-0.15, -0.1) is 0 Å². The smallest absolute Gasteiger partial charge is 0.0437 e. The molecule has 2 heteroatoms. The summed E-state index contributed by atoms with van der Waals surface area (Å²) in [6, 6.07) is 0. The number of nitrogens with two attached hydrogens (primary N) is 1. The van der Waals surface area contributed by atoms with Crippen LogP contribution in [-0.2, 0) is 0 Å². The maximum Gasteiger partial charge on any atom is 0.0437 e. The molecule has 0 heterocycles. The number of hydrogen-bond donors (Lipinski definition) is 2. The molecule has 0 aromatic rings. The summed E-state index contributed by atoms with van der Waals surface area (Å²) >= 11 is 0. The lowest BCUT2D eigenvalue weighted by Crippen LogP contribution is -2.52. The molecule has 2 nitrogen and oxygen atoms in total. The van der Waals surface area contributed by atoms with Crippen LogP contribution in [0.5, 0.6) is 0 Å². The zero-order chi connectivity index (χ0) is 9.99. The predicted molar refractivity (Wildman–Crippen MR) is 52.9 cm³/mol. The molecule has 0 fully saturated rings. The highest BCUT2D eigenvalue weighted by Crippen LogP contribution is 2.39. The van der Waals surface area contributed by atoms with E-state index >= 15 is 0 Å². The molecule has 0 saturated carbocycles. The molecule has 0 aliphatic carbocycles. The molecule has 0 aliphatic heterocycles. The largest absolute Gasteiger partial charge is 0.396 e. The van der Waals surface area contributed by atoms with Crippen molar-refractivity contribution in [2.24, 2.45) is 17.1 Å². The van der Waals surface area contributed by atoms with Gasteiger partial charge in [0.2, 0.25) is 0 Å². The molecule has 12 heavy (non-hydrogen) atoms. The van der Waals surface area contributed by atoms with Gasteiger partial charge in [0.05, 0.1) is 0 Å². The summed E-state index contributed by atoms with van der Waals surface area (Å²) in [6.07, 6.45) is 0.772. The lowest BCUT2D eigenvalue weighted by atomic mass is 9.64. The van der Waals surface area contributed by atoms with Crippen molar-refractivity contribution in [1.82, 2.24) is 0 Å². The van der Waals surface area contributed by atoms with Crippen molar-refractivity contribution in [3.63, 3.8) is 0 Å². The van der Waals surface area contributed by atoms with Crippen molar-refractivity contribution in [3.05, 3.63) is 0 Å². The highest BCUT2D eigenvalue weighted by molar-refractivity contribution is 4.95. The molecule has 1 atom stereocenters. The molecule has 0 amide bonds. The van der Waals surface area contributed by atoms with E-state index in [0.717, 1.165) is 6.42 Å². The molecule has 0 aromatic heterocycles. The molecule has 74 valence electrons. The van der Waals surface area contributed by atoms with E-state index in [0.29, 0.717) is 5.92 Å². The lowest BCUT2D eigenvalue weighted by Gasteiger charge is -2.45. The highest BCUT2D eigenvalue weighted by atomic mass is 16.3. The SMILES string of the molecule is CC(C)C(C)(CCO)C(C)(C)N. The highest BCUT2D eigenvalue weighted by Gasteiger charge is 2.39. The molecule has 0 radical (unpaired) electrons. The van der Waals surface area contributed by atoms with Gasteiger partial charge in [0.1, 0.15) is 0 Å². The van der Waals surface area contributed by atoms with Crippen LogP contribution in [0.25, 0.3) is 0 Å². The molecule has 3 N–H and O–H groups in total. The first-order valence-corrected chi connectivity index (χ1v) is 4.65. The number of hydrogen-bond acceptors (Lipinski definition) is 2. The minimum atomic E-state index is -0.232. The van der Waals surface area contributed by atoms with Crippen molar-refractivity contribution in [2.75, 3.05) is 6.61 Å². The zero-order valence-corrected chi connectivity index (χ0v) is 9.02. The molecule has 1 unspecified atom stereocenters. The van der Waals surface area contributed by atoms with Crippen molar-refractivity contribution >= 4 is 0 Å². The minimum Gasteiger partial charge on any atom is -0.396 e. The molecule has 0 rings (SSSR count). The van der Waals surface area contributed by atoms with Crippen molar-refractivity contribution < 1.29 is 5.11 Å². The minimum absolute atomic E-state index is 0.0156. The van der Waals surface area contributed by atoms with Gasteiger partial charge in [-0.05, 0) is 31.6 Å². The topological polar surface area (TPSA) is 46.2 Å². The first kappa shape index (κ1) is 11.9. The number of aliphatic hydroxyl groups is 1. The van der Waals surface area contributed by atoms with E-state index in [4.69, 9.17) is 10.8 Å². The summed E-state index contributed by atoms with van der Waals surface area (Å²) in [7, 11) is 0. The Labute approximate surface area is 76.2 Å². The molecule has 0 saturated heterocycles. The van der Waals surface area contributed by atoms with E-state index in [1.165, 1.54) is 0 Å². The molecular formula is C10H23NO. The Morgan fingerprint density at radius 3 is 1.75 bits per heavy atom. The van der Waals surface area contributed by atoms with E-state index < -0.39 is 0 Å². The average molecular weight is 173 g/mol. The summed E-state index contributed by atoms with van der Waals surface area (Å²) in [6.45, 7) is 10.7. The Kier molecular flexibility index (Phi) is 3.73. The standard InChI is InChI=1S/C10H23NO/c1-8(2)10(5,6-7-12)9(3,4)11/h8,12H,6-7,11H2,1-5H3. The Bertz CT molecular complexity index is 137. The third-order valence-electron chi connectivity index (χ3n) is 3.38. The average Bonchev–Trinajstić information content (AvgIpc) is 1.85. The Morgan fingerprint density at radius 1 is 1.25 bits per heavy atom. The fourth-order valence-electron chi connectivity index (χ4n) is 1.59. The van der Waals surface area contributed by atoms with Crippen LogP contribution >= 0.6 is 0 Å². The summed E-state index contributed by atoms with van der Waals surface area (Å²) in [5, 5.41) is 8.96. The molecule has 0 spiro atoms. The lowest BCUT2D eigenvalue weighted by molar-refractivity contribution is 0.0684. The van der Waals surface area contributed by atoms with Gasteiger partial charge in [0, 0.05) is 12.1 Å². The van der Waals surface area contributed by atoms with Crippen LogP contribution in [0.15, 0.2) is 0 Å². The zero-order valence-electron chi connectivity index (χ0n) is 9.02. The number of aliphatic hydroxyl groups excluding tert-OH is 1. The Balaban J connectivity index is 4.62. The van der Waals surface area contributed by atoms with Gasteiger partial charge >= 0.3 is 0 Å². The van der Waals surface area contributed by atoms with Crippen LogP contribution in [0, 0.1) is 11.3 Å². The van der Waals surface area contributed by atoms with E-state index in [2.05, 4.69) is 20.8 Å². The van der Waals surface area contributed by atoms with Crippen molar-refractivity contribution in [1.29, 1.82) is 0 Å². The third-order valence-corrected chi connectivity index (χ3v) is 3.38. The molecule has 0 aliphatic rings. The van der Waals surface area contributed by atoms with E-state index in [1.807, 2.05) is 13.8 Å². The summed E-state index contributed by atoms with van der Waals surface area (Å²) in [5.41, 5.74) is 5.87. The van der Waals surface area contributed by atoms with E-state index in [9.17, 15) is 0 Å². The Hall–Kier alpha value is -0.0800. The van der Waals surface area contributed by atoms with Crippen LogP contribution < -0.4 is 5.73 Å². The van der Waals surface area contributed by atoms with Gasteiger partial charge < -0.3 is 10.8 Å². The van der Waals surface area contributed by atoms with Gasteiger partial charge in [-0.3, -0.25) is 0 Å². The van der Waals surface area contributed by atoms with Gasteiger partial charge in [0.15, 0.2) is 0 Å². The molecular weight excluding hydrogens is 150 g/mol. The quantitative estimate of drug-likeness (QED) is 0.680. The monoisotopic (exact) mass is 173 g/mol. The second-order valence-corrected chi connectivity index (χ2v) is 4.77. The fraction of sp³-hybridized carbons (Fsp3) is 1.00. The van der Waals surface area contributed by atoms with Crippen LogP contribution in [0.4, 0.5) is 0 Å². The molecule has 0 aromatic carbocycles. The van der Waals surface area contributed by atoms with Crippen LogP contribution in [0.2, 0.25) is 0 Å². The maximum atomic E-state index is 8.96. The van der Waals surface area contributed by atoms with Crippen molar-refractivity contribution in [3.8, 4) is 0 Å². The normalized spacial score (nSPS) is 18.0. The maximum absolute atomic E-state index is 8.96. The van der Waals surface area contributed by atoms with Crippen LogP contribution in [-0.4, -0.2) is 17.3 Å². The van der Waals surface area contributed by atoms with Crippen LogP contribution in [0.1, 0.15) is 41.0 Å². The van der Waals surface area contributed by atoms with Gasteiger partial charge in [-0.25, -0.2) is 0 Å². The second-order valence-electron chi connectivity index (χ2n) is 4.77. The van der Waals surface area contributed by atoms with Crippen molar-refractivity contribution in [2.45, 2.75) is 46.6 Å². The molecule has 0 bridgehead atoms. The van der Waals surface area contributed by atoms with Crippen LogP contribution in [0.3, 0.4) is 0 Å². The number of rotatable bonds is 4.